The second-order valence-electron chi connectivity index (χ2n) is 7.48. The van der Waals surface area contributed by atoms with Gasteiger partial charge in [0, 0.05) is 29.1 Å². The Bertz CT molecular complexity index is 1370. The van der Waals surface area contributed by atoms with E-state index in [2.05, 4.69) is 0 Å². The first-order valence-corrected chi connectivity index (χ1v) is 13.1. The number of allylic oxidation sites excluding steroid dienone is 1. The fourth-order valence-corrected chi connectivity index (χ4v) is 6.10. The van der Waals surface area contributed by atoms with Crippen LogP contribution >= 0.6 is 11.8 Å². The lowest BCUT2D eigenvalue weighted by atomic mass is 10.1. The number of ketones is 1. The number of carbonyl (C=O) groups is 2. The average molecular weight is 494 g/mol. The van der Waals surface area contributed by atoms with Crippen molar-refractivity contribution in [2.75, 3.05) is 13.1 Å². The third-order valence-corrected chi connectivity index (χ3v) is 8.58. The summed E-state index contributed by atoms with van der Waals surface area (Å²) in [6.45, 7) is 4.27. The van der Waals surface area contributed by atoms with Crippen LogP contribution in [0.3, 0.4) is 0 Å². The highest BCUT2D eigenvalue weighted by molar-refractivity contribution is 8.04. The van der Waals surface area contributed by atoms with Gasteiger partial charge in [0.2, 0.25) is 15.8 Å². The number of fused-ring (bicyclic) bond motifs is 1. The molecule has 4 rings (SSSR count). The highest BCUT2D eigenvalue weighted by Crippen LogP contribution is 2.41. The van der Waals surface area contributed by atoms with E-state index >= 15 is 0 Å². The fraction of sp³-hybridized carbons (Fsp3) is 0.154. The van der Waals surface area contributed by atoms with Crippen molar-refractivity contribution in [3.63, 3.8) is 0 Å². The monoisotopic (exact) mass is 493 g/mol. The predicted octanol–water partition coefficient (Wildman–Crippen LogP) is 5.27. The van der Waals surface area contributed by atoms with Crippen LogP contribution in [0, 0.1) is 0 Å². The molecule has 34 heavy (non-hydrogen) atoms. The lowest BCUT2D eigenvalue weighted by Crippen LogP contribution is -2.30. The van der Waals surface area contributed by atoms with Crippen LogP contribution in [0.5, 0.6) is 5.75 Å². The number of thioether (sulfide) groups is 1. The summed E-state index contributed by atoms with van der Waals surface area (Å²) in [6.07, 6.45) is 1.72. The Morgan fingerprint density at radius 3 is 2.26 bits per heavy atom. The summed E-state index contributed by atoms with van der Waals surface area (Å²) < 4.78 is 32.3. The van der Waals surface area contributed by atoms with Gasteiger partial charge >= 0.3 is 5.97 Å². The van der Waals surface area contributed by atoms with Crippen molar-refractivity contribution in [1.29, 1.82) is 0 Å². The van der Waals surface area contributed by atoms with Crippen molar-refractivity contribution in [2.24, 2.45) is 0 Å². The van der Waals surface area contributed by atoms with E-state index in [1.807, 2.05) is 18.2 Å². The van der Waals surface area contributed by atoms with Crippen molar-refractivity contribution in [1.82, 2.24) is 4.31 Å². The minimum absolute atomic E-state index is 0.0632. The molecule has 1 heterocycles. The number of carbonyl (C=O) groups excluding carboxylic acids is 2. The van der Waals surface area contributed by atoms with Crippen LogP contribution in [0.25, 0.3) is 6.08 Å². The molecule has 0 unspecified atom stereocenters. The van der Waals surface area contributed by atoms with Crippen molar-refractivity contribution in [3.05, 3.63) is 94.4 Å². The molecule has 0 aliphatic carbocycles. The van der Waals surface area contributed by atoms with Crippen molar-refractivity contribution in [2.45, 2.75) is 23.6 Å². The molecule has 0 saturated heterocycles. The van der Waals surface area contributed by atoms with Gasteiger partial charge in [-0.2, -0.15) is 4.31 Å². The quantitative estimate of drug-likeness (QED) is 0.254. The number of ether oxygens (including phenoxy) is 1. The third kappa shape index (κ3) is 4.70. The molecule has 0 N–H and O–H groups in total. The Morgan fingerprint density at radius 2 is 1.59 bits per heavy atom. The minimum Gasteiger partial charge on any atom is -0.422 e. The zero-order valence-corrected chi connectivity index (χ0v) is 20.4. The standard InChI is InChI=1S/C26H23NO5S2/c1-3-27(4-2)34(30,31)20-15-13-18(14-16-20)26(29)32-22-11-7-5-9-19(22)17-24-25(28)21-10-6-8-12-23(21)33-24/h5-17H,3-4H2,1-2H3/b24-17+. The van der Waals surface area contributed by atoms with Crippen LogP contribution in [0.1, 0.15) is 40.1 Å². The maximum absolute atomic E-state index is 12.8. The van der Waals surface area contributed by atoms with Gasteiger partial charge in [-0.25, -0.2) is 13.2 Å². The second-order valence-corrected chi connectivity index (χ2v) is 10.5. The molecule has 0 amide bonds. The van der Waals surface area contributed by atoms with Gasteiger partial charge in [-0.3, -0.25) is 4.79 Å². The van der Waals surface area contributed by atoms with E-state index < -0.39 is 16.0 Å². The Kier molecular flexibility index (Phi) is 7.02. The minimum atomic E-state index is -3.61. The third-order valence-electron chi connectivity index (χ3n) is 5.42. The lowest BCUT2D eigenvalue weighted by molar-refractivity contribution is 0.0734. The number of rotatable bonds is 7. The summed E-state index contributed by atoms with van der Waals surface area (Å²) in [5.74, 6) is -0.373. The molecule has 0 bridgehead atoms. The molecular weight excluding hydrogens is 470 g/mol. The van der Waals surface area contributed by atoms with Gasteiger partial charge in [0.15, 0.2) is 0 Å². The topological polar surface area (TPSA) is 80.8 Å². The van der Waals surface area contributed by atoms with E-state index in [-0.39, 0.29) is 16.2 Å². The number of hydrogen-bond acceptors (Lipinski definition) is 6. The molecular formula is C26H23NO5S2. The number of esters is 1. The van der Waals surface area contributed by atoms with E-state index in [1.54, 1.807) is 50.3 Å². The van der Waals surface area contributed by atoms with E-state index in [0.29, 0.717) is 34.9 Å². The number of benzene rings is 3. The molecule has 3 aromatic rings. The molecule has 3 aromatic carbocycles. The zero-order valence-electron chi connectivity index (χ0n) is 18.7. The molecule has 1 aliphatic heterocycles. The zero-order chi connectivity index (χ0) is 24.3. The fourth-order valence-electron chi connectivity index (χ4n) is 3.60. The highest BCUT2D eigenvalue weighted by atomic mass is 32.2. The second kappa shape index (κ2) is 9.97. The summed E-state index contributed by atoms with van der Waals surface area (Å²) in [7, 11) is -3.61. The van der Waals surface area contributed by atoms with Crippen LogP contribution in [0.2, 0.25) is 0 Å². The Morgan fingerprint density at radius 1 is 0.941 bits per heavy atom. The van der Waals surface area contributed by atoms with Gasteiger partial charge in [-0.1, -0.05) is 55.9 Å². The first-order chi connectivity index (χ1) is 16.3. The van der Waals surface area contributed by atoms with E-state index in [9.17, 15) is 18.0 Å². The van der Waals surface area contributed by atoms with Gasteiger partial charge in [0.1, 0.15) is 5.75 Å². The first-order valence-electron chi connectivity index (χ1n) is 10.8. The summed E-state index contributed by atoms with van der Waals surface area (Å²) in [5.41, 5.74) is 1.48. The highest BCUT2D eigenvalue weighted by Gasteiger charge is 2.26. The number of nitrogens with zero attached hydrogens (tertiary/aromatic N) is 1. The van der Waals surface area contributed by atoms with Crippen LogP contribution in [0.4, 0.5) is 0 Å². The molecule has 0 atom stereocenters. The van der Waals surface area contributed by atoms with Gasteiger partial charge in [-0.05, 0) is 48.5 Å². The van der Waals surface area contributed by atoms with E-state index in [0.717, 1.165) is 4.90 Å². The van der Waals surface area contributed by atoms with Crippen LogP contribution in [-0.4, -0.2) is 37.6 Å². The number of para-hydroxylation sites is 1. The predicted molar refractivity (Wildman–Crippen MR) is 133 cm³/mol. The van der Waals surface area contributed by atoms with Crippen molar-refractivity contribution < 1.29 is 22.7 Å². The average Bonchev–Trinajstić information content (AvgIpc) is 3.16. The number of sulfonamides is 1. The lowest BCUT2D eigenvalue weighted by Gasteiger charge is -2.18. The Hall–Kier alpha value is -3.20. The Balaban J connectivity index is 1.55. The summed E-state index contributed by atoms with van der Waals surface area (Å²) in [4.78, 5) is 27.1. The SMILES string of the molecule is CCN(CC)S(=O)(=O)c1ccc(C(=O)Oc2ccccc2/C=C2/Sc3ccccc3C2=O)cc1. The molecule has 8 heteroatoms. The maximum Gasteiger partial charge on any atom is 0.343 e. The molecule has 0 radical (unpaired) electrons. The molecule has 174 valence electrons. The summed E-state index contributed by atoms with van der Waals surface area (Å²) in [5, 5.41) is 0. The van der Waals surface area contributed by atoms with Crippen molar-refractivity contribution >= 4 is 39.6 Å². The normalized spacial score (nSPS) is 14.4. The summed E-state index contributed by atoms with van der Waals surface area (Å²) in [6, 6.07) is 20.1. The molecule has 0 saturated carbocycles. The number of Topliss-reactive ketones (excluding diaryl/α,β-unsaturated/α-hetero) is 1. The van der Waals surface area contributed by atoms with Crippen LogP contribution < -0.4 is 4.74 Å². The number of hydrogen-bond donors (Lipinski definition) is 0. The summed E-state index contributed by atoms with van der Waals surface area (Å²) >= 11 is 1.38. The van der Waals surface area contributed by atoms with E-state index in [4.69, 9.17) is 4.74 Å². The van der Waals surface area contributed by atoms with Crippen molar-refractivity contribution in [3.8, 4) is 5.75 Å². The Labute approximate surface area is 203 Å². The van der Waals surface area contributed by atoms with Gasteiger partial charge in [0.05, 0.1) is 15.4 Å². The van der Waals surface area contributed by atoms with Gasteiger partial charge in [0.25, 0.3) is 0 Å². The molecule has 1 aliphatic rings. The molecule has 0 aromatic heterocycles. The van der Waals surface area contributed by atoms with E-state index in [1.165, 1.54) is 40.3 Å². The molecule has 0 fully saturated rings. The largest absolute Gasteiger partial charge is 0.422 e. The first kappa shape index (κ1) is 23.9. The molecule has 0 spiro atoms. The van der Waals surface area contributed by atoms with Crippen LogP contribution in [-0.2, 0) is 10.0 Å². The smallest absolute Gasteiger partial charge is 0.343 e. The van der Waals surface area contributed by atoms with Crippen LogP contribution in [0.15, 0.2) is 87.5 Å². The van der Waals surface area contributed by atoms with Gasteiger partial charge in [-0.15, -0.1) is 0 Å². The maximum atomic E-state index is 12.8. The van der Waals surface area contributed by atoms with Gasteiger partial charge < -0.3 is 4.74 Å². The molecule has 6 nitrogen and oxygen atoms in total.